The van der Waals surface area contributed by atoms with Gasteiger partial charge in [0.15, 0.2) is 0 Å². The quantitative estimate of drug-likeness (QED) is 0.791. The van der Waals surface area contributed by atoms with Crippen molar-refractivity contribution < 1.29 is 14.6 Å². The molecular formula is C13H19NO3. The number of ether oxygens (including phenoxy) is 1. The summed E-state index contributed by atoms with van der Waals surface area (Å²) in [5, 5.41) is 12.1. The summed E-state index contributed by atoms with van der Waals surface area (Å²) in [4.78, 5) is 11.2. The summed E-state index contributed by atoms with van der Waals surface area (Å²) in [6.45, 7) is 4.56. The standard InChI is InChI=1S/C13H19NO3/c1-3-14-13(16)7-8-17-12-6-4-5-11(9-12)10(2)15/h4-6,9-10,15H,3,7-8H2,1-2H3,(H,14,16). The summed E-state index contributed by atoms with van der Waals surface area (Å²) >= 11 is 0. The second-order valence-corrected chi connectivity index (χ2v) is 3.80. The van der Waals surface area contributed by atoms with Crippen molar-refractivity contribution in [2.24, 2.45) is 0 Å². The minimum Gasteiger partial charge on any atom is -0.493 e. The van der Waals surface area contributed by atoms with E-state index < -0.39 is 6.10 Å². The fourth-order valence-corrected chi connectivity index (χ4v) is 1.41. The molecule has 0 saturated carbocycles. The summed E-state index contributed by atoms with van der Waals surface area (Å²) in [6, 6.07) is 7.25. The molecule has 0 heterocycles. The number of aliphatic hydroxyl groups excluding tert-OH is 1. The molecule has 0 radical (unpaired) electrons. The Morgan fingerprint density at radius 1 is 1.53 bits per heavy atom. The molecule has 0 spiro atoms. The number of nitrogens with one attached hydrogen (secondary N) is 1. The van der Waals surface area contributed by atoms with Crippen molar-refractivity contribution in [2.45, 2.75) is 26.4 Å². The van der Waals surface area contributed by atoms with Crippen molar-refractivity contribution >= 4 is 5.91 Å². The van der Waals surface area contributed by atoms with Crippen LogP contribution in [0.2, 0.25) is 0 Å². The van der Waals surface area contributed by atoms with Gasteiger partial charge >= 0.3 is 0 Å². The first kappa shape index (κ1) is 13.5. The Labute approximate surface area is 102 Å². The lowest BCUT2D eigenvalue weighted by Gasteiger charge is -2.09. The molecule has 0 aliphatic carbocycles. The van der Waals surface area contributed by atoms with Gasteiger partial charge in [0, 0.05) is 6.54 Å². The Morgan fingerprint density at radius 2 is 2.29 bits per heavy atom. The zero-order chi connectivity index (χ0) is 12.7. The molecule has 1 aromatic rings. The monoisotopic (exact) mass is 237 g/mol. The molecule has 4 heteroatoms. The number of aliphatic hydroxyl groups is 1. The maximum atomic E-state index is 11.2. The van der Waals surface area contributed by atoms with Crippen LogP contribution in [0.1, 0.15) is 31.9 Å². The highest BCUT2D eigenvalue weighted by atomic mass is 16.5. The zero-order valence-electron chi connectivity index (χ0n) is 10.3. The molecular weight excluding hydrogens is 218 g/mol. The van der Waals surface area contributed by atoms with E-state index in [1.807, 2.05) is 25.1 Å². The molecule has 1 unspecified atom stereocenters. The van der Waals surface area contributed by atoms with Gasteiger partial charge < -0.3 is 15.2 Å². The fourth-order valence-electron chi connectivity index (χ4n) is 1.41. The Hall–Kier alpha value is -1.55. The summed E-state index contributed by atoms with van der Waals surface area (Å²) in [6.07, 6.45) is -0.172. The van der Waals surface area contributed by atoms with Gasteiger partial charge in [-0.15, -0.1) is 0 Å². The maximum Gasteiger partial charge on any atom is 0.223 e. The number of amides is 1. The van der Waals surface area contributed by atoms with E-state index in [1.54, 1.807) is 13.0 Å². The number of benzene rings is 1. The summed E-state index contributed by atoms with van der Waals surface area (Å²) in [5.41, 5.74) is 0.806. The first-order valence-corrected chi connectivity index (χ1v) is 5.81. The minimum absolute atomic E-state index is 0.0146. The molecule has 0 aromatic heterocycles. The third kappa shape index (κ3) is 4.87. The molecule has 0 bridgehead atoms. The van der Waals surface area contributed by atoms with Gasteiger partial charge in [-0.25, -0.2) is 0 Å². The molecule has 0 saturated heterocycles. The van der Waals surface area contributed by atoms with E-state index >= 15 is 0 Å². The van der Waals surface area contributed by atoms with Crippen molar-refractivity contribution in [1.82, 2.24) is 5.32 Å². The third-order valence-electron chi connectivity index (χ3n) is 2.31. The molecule has 4 nitrogen and oxygen atoms in total. The van der Waals surface area contributed by atoms with Gasteiger partial charge in [0.05, 0.1) is 19.1 Å². The van der Waals surface area contributed by atoms with Gasteiger partial charge in [-0.05, 0) is 31.5 Å². The predicted octanol–water partition coefficient (Wildman–Crippen LogP) is 1.64. The van der Waals surface area contributed by atoms with Crippen LogP contribution >= 0.6 is 0 Å². The van der Waals surface area contributed by atoms with Crippen LogP contribution in [0.4, 0.5) is 0 Å². The lowest BCUT2D eigenvalue weighted by atomic mass is 10.1. The van der Waals surface area contributed by atoms with Crippen LogP contribution in [0.5, 0.6) is 5.75 Å². The largest absolute Gasteiger partial charge is 0.493 e. The molecule has 2 N–H and O–H groups in total. The SMILES string of the molecule is CCNC(=O)CCOc1cccc(C(C)O)c1. The lowest BCUT2D eigenvalue weighted by Crippen LogP contribution is -2.24. The van der Waals surface area contributed by atoms with Crippen molar-refractivity contribution in [3.8, 4) is 5.75 Å². The van der Waals surface area contributed by atoms with E-state index in [1.165, 1.54) is 0 Å². The van der Waals surface area contributed by atoms with E-state index in [0.29, 0.717) is 25.3 Å². The summed E-state index contributed by atoms with van der Waals surface area (Å²) in [7, 11) is 0. The fraction of sp³-hybridized carbons (Fsp3) is 0.462. The number of carbonyl (C=O) groups excluding carboxylic acids is 1. The van der Waals surface area contributed by atoms with Crippen LogP contribution in [0.3, 0.4) is 0 Å². The first-order valence-electron chi connectivity index (χ1n) is 5.81. The van der Waals surface area contributed by atoms with Gasteiger partial charge in [0.1, 0.15) is 5.75 Å². The van der Waals surface area contributed by atoms with Crippen LogP contribution < -0.4 is 10.1 Å². The van der Waals surface area contributed by atoms with E-state index in [-0.39, 0.29) is 5.91 Å². The van der Waals surface area contributed by atoms with Crippen molar-refractivity contribution in [3.05, 3.63) is 29.8 Å². The Bertz CT molecular complexity index is 363. The van der Waals surface area contributed by atoms with Crippen LogP contribution in [0.25, 0.3) is 0 Å². The molecule has 0 fully saturated rings. The van der Waals surface area contributed by atoms with Crippen LogP contribution in [0, 0.1) is 0 Å². The molecule has 1 atom stereocenters. The van der Waals surface area contributed by atoms with Crippen LogP contribution in [0.15, 0.2) is 24.3 Å². The number of carbonyl (C=O) groups is 1. The minimum atomic E-state index is -0.512. The van der Waals surface area contributed by atoms with E-state index in [2.05, 4.69) is 5.32 Å². The average Bonchev–Trinajstić information content (AvgIpc) is 2.30. The van der Waals surface area contributed by atoms with Crippen molar-refractivity contribution in [1.29, 1.82) is 0 Å². The predicted molar refractivity (Wildman–Crippen MR) is 65.9 cm³/mol. The number of hydrogen-bond donors (Lipinski definition) is 2. The normalized spacial score (nSPS) is 11.9. The molecule has 17 heavy (non-hydrogen) atoms. The van der Waals surface area contributed by atoms with Crippen molar-refractivity contribution in [3.63, 3.8) is 0 Å². The van der Waals surface area contributed by atoms with E-state index in [0.717, 1.165) is 5.56 Å². The molecule has 1 rings (SSSR count). The number of rotatable bonds is 6. The van der Waals surface area contributed by atoms with Gasteiger partial charge in [0.2, 0.25) is 5.91 Å². The molecule has 1 amide bonds. The summed E-state index contributed by atoms with van der Waals surface area (Å²) in [5.74, 6) is 0.659. The molecule has 0 aliphatic heterocycles. The van der Waals surface area contributed by atoms with Gasteiger partial charge in [-0.1, -0.05) is 12.1 Å². The lowest BCUT2D eigenvalue weighted by molar-refractivity contribution is -0.121. The maximum absolute atomic E-state index is 11.2. The van der Waals surface area contributed by atoms with Crippen molar-refractivity contribution in [2.75, 3.05) is 13.2 Å². The molecule has 0 aliphatic rings. The zero-order valence-corrected chi connectivity index (χ0v) is 10.3. The van der Waals surface area contributed by atoms with Gasteiger partial charge in [0.25, 0.3) is 0 Å². The highest BCUT2D eigenvalue weighted by Gasteiger charge is 2.03. The Kier molecular flexibility index (Phi) is 5.49. The summed E-state index contributed by atoms with van der Waals surface area (Å²) < 4.78 is 5.44. The average molecular weight is 237 g/mol. The van der Waals surface area contributed by atoms with E-state index in [4.69, 9.17) is 4.74 Å². The van der Waals surface area contributed by atoms with Gasteiger partial charge in [-0.2, -0.15) is 0 Å². The topological polar surface area (TPSA) is 58.6 Å². The highest BCUT2D eigenvalue weighted by molar-refractivity contribution is 5.75. The Balaban J connectivity index is 2.41. The van der Waals surface area contributed by atoms with Crippen LogP contribution in [-0.2, 0) is 4.79 Å². The smallest absolute Gasteiger partial charge is 0.223 e. The van der Waals surface area contributed by atoms with Crippen LogP contribution in [-0.4, -0.2) is 24.2 Å². The molecule has 1 aromatic carbocycles. The number of hydrogen-bond acceptors (Lipinski definition) is 3. The van der Waals surface area contributed by atoms with Gasteiger partial charge in [-0.3, -0.25) is 4.79 Å². The molecule has 94 valence electrons. The second kappa shape index (κ2) is 6.91. The Morgan fingerprint density at radius 3 is 2.94 bits per heavy atom. The highest BCUT2D eigenvalue weighted by Crippen LogP contribution is 2.18. The van der Waals surface area contributed by atoms with E-state index in [9.17, 15) is 9.90 Å². The third-order valence-corrected chi connectivity index (χ3v) is 2.31. The first-order chi connectivity index (χ1) is 8.13. The second-order valence-electron chi connectivity index (χ2n) is 3.80.